The maximum Gasteiger partial charge on any atom is 0.204 e. The predicted octanol–water partition coefficient (Wildman–Crippen LogP) is 0.950. The summed E-state index contributed by atoms with van der Waals surface area (Å²) >= 11 is 0. The van der Waals surface area contributed by atoms with E-state index in [2.05, 4.69) is 45.9 Å². The predicted molar refractivity (Wildman–Crippen MR) is 80.6 cm³/mol. The van der Waals surface area contributed by atoms with Crippen LogP contribution in [0, 0.1) is 0 Å². The Kier molecular flexibility index (Phi) is 4.80. The molecule has 6 heteroatoms. The molecular formula is C13H26N6. The van der Waals surface area contributed by atoms with Crippen molar-refractivity contribution in [3.8, 4) is 0 Å². The van der Waals surface area contributed by atoms with Gasteiger partial charge in [0.15, 0.2) is 5.96 Å². The molecule has 0 aliphatic rings. The number of aromatic nitrogens is 2. The summed E-state index contributed by atoms with van der Waals surface area (Å²) in [6, 6.07) is 0. The Balaban J connectivity index is 2.66. The van der Waals surface area contributed by atoms with E-state index in [-0.39, 0.29) is 5.54 Å². The molecule has 0 amide bonds. The molecule has 0 saturated carbocycles. The number of aliphatic imine (C=N–C) groups is 1. The molecule has 0 saturated heterocycles. The highest BCUT2D eigenvalue weighted by atomic mass is 15.3. The highest BCUT2D eigenvalue weighted by Gasteiger charge is 2.13. The van der Waals surface area contributed by atoms with Crippen LogP contribution >= 0.6 is 0 Å². The fourth-order valence-electron chi connectivity index (χ4n) is 1.72. The third kappa shape index (κ3) is 4.46. The third-order valence-corrected chi connectivity index (χ3v) is 2.61. The number of hydrogen-bond donors (Lipinski definition) is 2. The molecule has 0 aliphatic carbocycles. The van der Waals surface area contributed by atoms with E-state index >= 15 is 0 Å². The van der Waals surface area contributed by atoms with Crippen LogP contribution in [0.3, 0.4) is 0 Å². The van der Waals surface area contributed by atoms with E-state index in [1.165, 1.54) is 0 Å². The summed E-state index contributed by atoms with van der Waals surface area (Å²) in [7, 11) is 7.76. The second-order valence-electron chi connectivity index (χ2n) is 5.80. The lowest BCUT2D eigenvalue weighted by Gasteiger charge is -2.23. The SMILES string of the molecule is CN=C(NCc1cnc(N(C)C)n1C)NC(C)(C)C. The zero-order valence-electron chi connectivity index (χ0n) is 13.1. The number of anilines is 1. The summed E-state index contributed by atoms with van der Waals surface area (Å²) in [5, 5.41) is 6.62. The van der Waals surface area contributed by atoms with Crippen molar-refractivity contribution < 1.29 is 0 Å². The zero-order chi connectivity index (χ0) is 14.6. The lowest BCUT2D eigenvalue weighted by Crippen LogP contribution is -2.47. The first-order valence-corrected chi connectivity index (χ1v) is 6.41. The molecule has 0 bridgehead atoms. The number of nitrogens with one attached hydrogen (secondary N) is 2. The van der Waals surface area contributed by atoms with Crippen molar-refractivity contribution in [3.05, 3.63) is 11.9 Å². The molecule has 1 aromatic rings. The standard InChI is InChI=1S/C13H26N6/c1-13(2,3)17-11(14-4)15-8-10-9-16-12(18(5)6)19(10)7/h9H,8H2,1-7H3,(H2,14,15,17). The molecule has 19 heavy (non-hydrogen) atoms. The van der Waals surface area contributed by atoms with Gasteiger partial charge in [0, 0.05) is 33.7 Å². The Labute approximate surface area is 115 Å². The van der Waals surface area contributed by atoms with E-state index in [1.54, 1.807) is 7.05 Å². The van der Waals surface area contributed by atoms with Crippen molar-refractivity contribution in [2.24, 2.45) is 12.0 Å². The van der Waals surface area contributed by atoms with Crippen LogP contribution < -0.4 is 15.5 Å². The first-order valence-electron chi connectivity index (χ1n) is 6.41. The summed E-state index contributed by atoms with van der Waals surface area (Å²) in [5.41, 5.74) is 1.10. The average molecular weight is 266 g/mol. The van der Waals surface area contributed by atoms with E-state index in [9.17, 15) is 0 Å². The van der Waals surface area contributed by atoms with E-state index in [0.717, 1.165) is 17.6 Å². The van der Waals surface area contributed by atoms with Crippen molar-refractivity contribution in [2.75, 3.05) is 26.0 Å². The highest BCUT2D eigenvalue weighted by molar-refractivity contribution is 5.80. The van der Waals surface area contributed by atoms with Gasteiger partial charge in [-0.2, -0.15) is 0 Å². The van der Waals surface area contributed by atoms with Crippen molar-refractivity contribution in [3.63, 3.8) is 0 Å². The van der Waals surface area contributed by atoms with Crippen LogP contribution in [-0.2, 0) is 13.6 Å². The molecule has 1 heterocycles. The minimum absolute atomic E-state index is 0.0108. The average Bonchev–Trinajstić information content (AvgIpc) is 2.64. The zero-order valence-corrected chi connectivity index (χ0v) is 13.1. The lowest BCUT2D eigenvalue weighted by molar-refractivity contribution is 0.500. The molecular weight excluding hydrogens is 240 g/mol. The summed E-state index contributed by atoms with van der Waals surface area (Å²) in [4.78, 5) is 10.6. The van der Waals surface area contributed by atoms with Crippen LogP contribution in [0.5, 0.6) is 0 Å². The van der Waals surface area contributed by atoms with E-state index in [0.29, 0.717) is 6.54 Å². The number of guanidine groups is 1. The van der Waals surface area contributed by atoms with Crippen LogP contribution in [0.2, 0.25) is 0 Å². The Hall–Kier alpha value is -1.72. The molecule has 0 radical (unpaired) electrons. The maximum absolute atomic E-state index is 4.38. The van der Waals surface area contributed by atoms with Gasteiger partial charge < -0.3 is 20.1 Å². The maximum atomic E-state index is 4.38. The monoisotopic (exact) mass is 266 g/mol. The quantitative estimate of drug-likeness (QED) is 0.632. The van der Waals surface area contributed by atoms with Gasteiger partial charge >= 0.3 is 0 Å². The molecule has 108 valence electrons. The summed E-state index contributed by atoms with van der Waals surface area (Å²) in [5.74, 6) is 1.73. The van der Waals surface area contributed by atoms with Gasteiger partial charge in [0.2, 0.25) is 5.95 Å². The second-order valence-corrected chi connectivity index (χ2v) is 5.80. The van der Waals surface area contributed by atoms with E-state index < -0.39 is 0 Å². The second kappa shape index (κ2) is 5.95. The summed E-state index contributed by atoms with van der Waals surface area (Å²) in [6.45, 7) is 7.00. The van der Waals surface area contributed by atoms with E-state index in [1.807, 2.05) is 32.2 Å². The Morgan fingerprint density at radius 1 is 1.42 bits per heavy atom. The van der Waals surface area contributed by atoms with Crippen molar-refractivity contribution in [1.29, 1.82) is 0 Å². The lowest BCUT2D eigenvalue weighted by atomic mass is 10.1. The van der Waals surface area contributed by atoms with Gasteiger partial charge in [0.05, 0.1) is 18.4 Å². The number of nitrogens with zero attached hydrogens (tertiary/aromatic N) is 4. The summed E-state index contributed by atoms with van der Waals surface area (Å²) < 4.78 is 2.07. The molecule has 0 atom stereocenters. The Morgan fingerprint density at radius 3 is 2.47 bits per heavy atom. The molecule has 1 aromatic heterocycles. The third-order valence-electron chi connectivity index (χ3n) is 2.61. The number of rotatable bonds is 3. The minimum atomic E-state index is -0.0108. The van der Waals surface area contributed by atoms with Gasteiger partial charge in [0.25, 0.3) is 0 Å². The first-order chi connectivity index (χ1) is 8.74. The fourth-order valence-corrected chi connectivity index (χ4v) is 1.72. The van der Waals surface area contributed by atoms with Gasteiger partial charge in [-0.3, -0.25) is 4.99 Å². The molecule has 0 spiro atoms. The van der Waals surface area contributed by atoms with Crippen LogP contribution in [0.15, 0.2) is 11.2 Å². The van der Waals surface area contributed by atoms with Gasteiger partial charge in [-0.25, -0.2) is 4.98 Å². The van der Waals surface area contributed by atoms with Gasteiger partial charge in [0.1, 0.15) is 0 Å². The molecule has 6 nitrogen and oxygen atoms in total. The van der Waals surface area contributed by atoms with Crippen LogP contribution in [0.4, 0.5) is 5.95 Å². The Morgan fingerprint density at radius 2 is 2.05 bits per heavy atom. The smallest absolute Gasteiger partial charge is 0.204 e. The molecule has 1 rings (SSSR count). The highest BCUT2D eigenvalue weighted by Crippen LogP contribution is 2.10. The van der Waals surface area contributed by atoms with Gasteiger partial charge in [-0.05, 0) is 20.8 Å². The summed E-state index contributed by atoms with van der Waals surface area (Å²) in [6.07, 6.45) is 1.88. The van der Waals surface area contributed by atoms with Gasteiger partial charge in [-0.1, -0.05) is 0 Å². The number of hydrogen-bond acceptors (Lipinski definition) is 3. The number of imidazole rings is 1. The van der Waals surface area contributed by atoms with Gasteiger partial charge in [-0.15, -0.1) is 0 Å². The normalized spacial score (nSPS) is 12.5. The van der Waals surface area contributed by atoms with Crippen LogP contribution in [0.25, 0.3) is 0 Å². The molecule has 0 fully saturated rings. The van der Waals surface area contributed by atoms with Crippen LogP contribution in [0.1, 0.15) is 26.5 Å². The first kappa shape index (κ1) is 15.3. The van der Waals surface area contributed by atoms with Crippen molar-refractivity contribution >= 4 is 11.9 Å². The van der Waals surface area contributed by atoms with Crippen LogP contribution in [-0.4, -0.2) is 42.2 Å². The molecule has 0 aromatic carbocycles. The largest absolute Gasteiger partial charge is 0.352 e. The van der Waals surface area contributed by atoms with Crippen molar-refractivity contribution in [2.45, 2.75) is 32.9 Å². The Bertz CT molecular complexity index is 438. The molecule has 0 aliphatic heterocycles. The molecule has 2 N–H and O–H groups in total. The van der Waals surface area contributed by atoms with E-state index in [4.69, 9.17) is 0 Å². The minimum Gasteiger partial charge on any atom is -0.352 e. The van der Waals surface area contributed by atoms with Crippen molar-refractivity contribution in [1.82, 2.24) is 20.2 Å². The fraction of sp³-hybridized carbons (Fsp3) is 0.692. The molecule has 0 unspecified atom stereocenters. The topological polar surface area (TPSA) is 57.5 Å².